The number of carboxylic acid groups (broad SMARTS) is 1. The number of hydrogen-bond acceptors (Lipinski definition) is 22. The number of para-hydroxylation sites is 1. The number of primary amides is 1. The van der Waals surface area contributed by atoms with E-state index in [0.29, 0.717) is 71.7 Å². The van der Waals surface area contributed by atoms with Crippen molar-refractivity contribution in [2.75, 3.05) is 38.5 Å². The van der Waals surface area contributed by atoms with Crippen molar-refractivity contribution in [3.05, 3.63) is 144 Å². The number of unbranched alkanes of at least 4 members (excludes halogenated alkanes) is 3. The predicted molar refractivity (Wildman–Crippen MR) is 536 cm³/mol. The van der Waals surface area contributed by atoms with E-state index in [0.717, 1.165) is 12.2 Å². The van der Waals surface area contributed by atoms with Gasteiger partial charge in [0, 0.05) is 73.2 Å². The Hall–Kier alpha value is -13.3. The molecule has 2 saturated heterocycles. The van der Waals surface area contributed by atoms with Gasteiger partial charge in [-0.2, -0.15) is 11.8 Å². The average Bonchev–Trinajstić information content (AvgIpc) is 1.68. The van der Waals surface area contributed by atoms with Gasteiger partial charge in [0.05, 0.1) is 25.2 Å². The van der Waals surface area contributed by atoms with E-state index in [4.69, 9.17) is 28.3 Å². The molecule has 4 aromatic carbocycles. The number of rotatable bonds is 64. The third kappa shape index (κ3) is 39.3. The third-order valence-corrected chi connectivity index (χ3v) is 26.1. The first-order chi connectivity index (χ1) is 67.8. The summed E-state index contributed by atoms with van der Waals surface area (Å²) < 4.78 is 0. The van der Waals surface area contributed by atoms with Crippen LogP contribution in [0.4, 0.5) is 4.79 Å². The predicted octanol–water partition coefficient (Wildman–Crippen LogP) is 0.241. The second-order valence-corrected chi connectivity index (χ2v) is 38.7. The maximum absolute atomic E-state index is 15.3. The van der Waals surface area contributed by atoms with Gasteiger partial charge in [0.1, 0.15) is 78.5 Å². The molecule has 142 heavy (non-hydrogen) atoms. The molecule has 778 valence electrons. The molecule has 1 aromatic heterocycles. The largest absolute Gasteiger partial charge is 0.480 e. The number of amides is 17. The fraction of sp³-hybridized carbons (Fsp3) is 0.556. The number of aliphatic hydroxyl groups excluding tert-OH is 1. The normalized spacial score (nSPS) is 16.7. The minimum absolute atomic E-state index is 0.0177. The zero-order chi connectivity index (χ0) is 104. The number of nitrogens with one attached hydrogen (secondary N) is 19. The number of aromatic nitrogens is 1. The first-order valence-corrected chi connectivity index (χ1v) is 50.0. The van der Waals surface area contributed by atoms with Crippen LogP contribution in [0, 0.1) is 29.1 Å². The van der Waals surface area contributed by atoms with Gasteiger partial charge in [-0.15, -0.1) is 0 Å². The fourth-order valence-electron chi connectivity index (χ4n) is 16.6. The molecule has 0 aliphatic carbocycles. The van der Waals surface area contributed by atoms with Crippen molar-refractivity contribution in [1.29, 1.82) is 5.41 Å². The van der Waals surface area contributed by atoms with Gasteiger partial charge >= 0.3 is 12.0 Å². The Balaban J connectivity index is 1.07. The van der Waals surface area contributed by atoms with Gasteiger partial charge in [-0.05, 0) is 149 Å². The number of aromatic amines is 1. The van der Waals surface area contributed by atoms with Crippen LogP contribution < -0.4 is 113 Å². The number of H-pyrrole nitrogens is 1. The lowest BCUT2D eigenvalue weighted by atomic mass is 9.96. The van der Waals surface area contributed by atoms with Gasteiger partial charge in [0.25, 0.3) is 0 Å². The Morgan fingerprint density at radius 3 is 1.37 bits per heavy atom. The number of urea groups is 1. The van der Waals surface area contributed by atoms with Gasteiger partial charge in [0.2, 0.25) is 88.6 Å². The number of carbonyl (C=O) groups is 17. The zero-order valence-corrected chi connectivity index (χ0v) is 83.1. The lowest BCUT2D eigenvalue weighted by molar-refractivity contribution is -0.142. The highest BCUT2D eigenvalue weighted by Gasteiger charge is 2.44. The quantitative estimate of drug-likeness (QED) is 0.0107. The number of fused-ring (bicyclic) bond motifs is 2. The number of hydrogen-bond donors (Lipinski definition) is 25. The summed E-state index contributed by atoms with van der Waals surface area (Å²) in [7, 11) is 0. The Kier molecular flexibility index (Phi) is 49.0. The summed E-state index contributed by atoms with van der Waals surface area (Å²) >= 11 is 1.77. The smallest absolute Gasteiger partial charge is 0.326 e. The molecule has 0 spiro atoms. The lowest BCUT2D eigenvalue weighted by Gasteiger charge is -2.29. The molecule has 5 aromatic rings. The highest BCUT2D eigenvalue weighted by atomic mass is 32.2. The second kappa shape index (κ2) is 60.1. The van der Waals surface area contributed by atoms with E-state index in [2.05, 4.69) is 95.4 Å². The number of carboxylic acids is 1. The van der Waals surface area contributed by atoms with Crippen LogP contribution >= 0.6 is 11.8 Å². The highest BCUT2D eigenvalue weighted by Crippen LogP contribution is 2.33. The van der Waals surface area contributed by atoms with Crippen LogP contribution in [0.25, 0.3) is 10.9 Å². The van der Waals surface area contributed by atoms with Crippen LogP contribution in [-0.2, 0) is 102 Å². The molecule has 17 atom stereocenters. The number of aliphatic carboxylic acids is 1. The molecule has 17 amide bonds. The minimum atomic E-state index is -1.87. The number of carbonyl (C=O) groups excluding carboxylic acids is 16. The van der Waals surface area contributed by atoms with Crippen LogP contribution in [0.3, 0.4) is 0 Å². The highest BCUT2D eigenvalue weighted by molar-refractivity contribution is 8.00. The monoisotopic (exact) mass is 1990 g/mol. The molecule has 2 aliphatic heterocycles. The maximum atomic E-state index is 15.3. The summed E-state index contributed by atoms with van der Waals surface area (Å²) in [6.07, 6.45) is 3.94. The molecular formula is C99H147N23O19S. The van der Waals surface area contributed by atoms with Gasteiger partial charge in [0.15, 0.2) is 5.96 Å². The van der Waals surface area contributed by atoms with Crippen molar-refractivity contribution >= 4 is 129 Å². The minimum Gasteiger partial charge on any atom is -0.480 e. The molecule has 3 heterocycles. The first-order valence-electron chi connectivity index (χ1n) is 48.9. The summed E-state index contributed by atoms with van der Waals surface area (Å²) in [6, 6.07) is 13.3. The molecule has 43 heteroatoms. The molecule has 7 rings (SSSR count). The van der Waals surface area contributed by atoms with E-state index < -0.39 is 205 Å². The first kappa shape index (κ1) is 116. The van der Waals surface area contributed by atoms with Crippen LogP contribution in [0.15, 0.2) is 121 Å². The summed E-state index contributed by atoms with van der Waals surface area (Å²) in [4.78, 5) is 244. The van der Waals surface area contributed by atoms with Gasteiger partial charge < -0.3 is 129 Å². The van der Waals surface area contributed by atoms with Crippen molar-refractivity contribution in [2.24, 2.45) is 46.6 Å². The molecule has 2 fully saturated rings. The van der Waals surface area contributed by atoms with Crippen molar-refractivity contribution in [3.63, 3.8) is 0 Å². The Bertz CT molecular complexity index is 5020. The molecule has 42 nitrogen and oxygen atoms in total. The van der Waals surface area contributed by atoms with E-state index >= 15 is 14.4 Å². The Labute approximate surface area is 832 Å². The second-order valence-electron chi connectivity index (χ2n) is 37.4. The van der Waals surface area contributed by atoms with E-state index in [1.165, 1.54) is 0 Å². The van der Waals surface area contributed by atoms with Gasteiger partial charge in [-0.1, -0.05) is 177 Å². The standard InChI is InChI=1S/C99H147N23O19S/c1-9-59(8)83(121-93(135)71(47-57(4)5)108-80(125)40-22-21-39-78-84-77(55-142-78)119-99(141)122-84)96(138)112-66(38-27-45-105-98(103)104)85(127)107-53-81(126)109-70(46-56(2)3)88(130)114-72(48-60-28-13-10-14-29-60)89(131)110-67(36-23-25-43-100)86(128)118-76(54-123)94(136)115-73(49-61-30-15-11-16-31-61)91(133)116-75(51-63-52-106-65-35-20-19-34-64(63)65)92(134)111-68(41-42-79(102)124)87(129)120-82(58(6)7)95(137)117-74(50-62-32-17-12-18-33-62)90(132)113-69(97(139)140)37-24-26-44-101/h10-20,28-35,52,56-59,66-78,82-84,106,123H,9,21-27,36-51,53-55,100-101H2,1-8H3,(H2,102,124)(H,107,127)(H,108,125)(H,109,126)(H,110,131)(H,111,134)(H,112,138)(H,113,132)(H,114,130)(H,115,136)(H,116,133)(H,117,137)(H,118,128)(H,120,129)(H,121,135)(H,139,140)(H4,103,104,105)(H2,119,122,141)/t59-,66-,67-,68-,69-,70-,71-,72-,73-,74-,75-,76-,77-,78-,82-,83-,84-/m0/s1. The number of nitrogens with two attached hydrogens (primary N) is 4. The van der Waals surface area contributed by atoms with Crippen molar-refractivity contribution in [3.8, 4) is 0 Å². The summed E-state index contributed by atoms with van der Waals surface area (Å²) in [5, 5.41) is 75.8. The Morgan fingerprint density at radius 2 is 0.859 bits per heavy atom. The molecular weight excluding hydrogens is 1850 g/mol. The van der Waals surface area contributed by atoms with Gasteiger partial charge in [-0.25, -0.2) is 9.59 Å². The molecule has 29 N–H and O–H groups in total. The number of thioether (sulfide) groups is 1. The lowest BCUT2D eigenvalue weighted by Crippen LogP contribution is -2.62. The van der Waals surface area contributed by atoms with E-state index in [-0.39, 0.29) is 144 Å². The molecule has 2 aliphatic rings. The SMILES string of the molecule is CC[C@H](C)[C@H](NC(=O)[C@H](CC(C)C)NC(=O)CCCC[C@@H]1SC[C@@H]2NC(=O)N[C@@H]21)C(=O)N[C@@H](CCCNC(=N)N)C(=O)NCC(=O)N[C@@H](CC(C)C)C(=O)N[C@@H](Cc1ccccc1)C(=O)N[C@@H](CCCCN)C(=O)N[C@@H](CO)C(=O)N[C@@H](Cc1ccccc1)C(=O)N[C@@H](Cc1c[nH]c2ccccc12)C(=O)N[C@@H](CCC(N)=O)C(=O)N[C@H](C(=O)N[C@@H](Cc1ccccc1)C(=O)N[C@@H](CCCCN)C(=O)O)C(C)C. The summed E-state index contributed by atoms with van der Waals surface area (Å²) in [6.45, 7) is 12.7. The Morgan fingerprint density at radius 1 is 0.437 bits per heavy atom. The summed E-state index contributed by atoms with van der Waals surface area (Å²) in [5.74, 6) is -15.4. The van der Waals surface area contributed by atoms with Crippen molar-refractivity contribution in [2.45, 2.75) is 286 Å². The van der Waals surface area contributed by atoms with Crippen LogP contribution in [0.5, 0.6) is 0 Å². The molecule has 0 bridgehead atoms. The molecule has 0 saturated carbocycles. The molecule has 0 radical (unpaired) electrons. The number of aliphatic hydroxyl groups is 1. The van der Waals surface area contributed by atoms with Gasteiger partial charge in [-0.3, -0.25) is 77.3 Å². The topological polar surface area (TPSA) is 679 Å². The average molecular weight is 2000 g/mol. The third-order valence-electron chi connectivity index (χ3n) is 24.6. The van der Waals surface area contributed by atoms with E-state index in [1.54, 1.807) is 168 Å². The van der Waals surface area contributed by atoms with Crippen LogP contribution in [0.2, 0.25) is 0 Å². The number of benzene rings is 4. The van der Waals surface area contributed by atoms with Crippen LogP contribution in [-0.4, -0.2) is 256 Å². The van der Waals surface area contributed by atoms with Crippen LogP contribution in [0.1, 0.15) is 187 Å². The van der Waals surface area contributed by atoms with E-state index in [1.807, 2.05) is 20.8 Å². The molecule has 0 unspecified atom stereocenters. The maximum Gasteiger partial charge on any atom is 0.326 e. The number of guanidine groups is 1. The zero-order valence-electron chi connectivity index (χ0n) is 82.2. The van der Waals surface area contributed by atoms with Crippen molar-refractivity contribution in [1.82, 2.24) is 95.4 Å². The fourth-order valence-corrected chi connectivity index (χ4v) is 18.2. The summed E-state index contributed by atoms with van der Waals surface area (Å²) in [5.41, 5.74) is 25.5. The van der Waals surface area contributed by atoms with E-state index in [9.17, 15) is 77.3 Å². The van der Waals surface area contributed by atoms with Crippen molar-refractivity contribution < 1.29 is 91.7 Å².